The van der Waals surface area contributed by atoms with Crippen molar-refractivity contribution in [2.24, 2.45) is 35.5 Å². The normalized spacial score (nSPS) is 29.2. The van der Waals surface area contributed by atoms with Crippen molar-refractivity contribution < 1.29 is 61.6 Å². The molecule has 10 aliphatic rings. The third kappa shape index (κ3) is 27.1. The van der Waals surface area contributed by atoms with Gasteiger partial charge in [-0.2, -0.15) is 0 Å². The molecule has 10 fully saturated rings. The van der Waals surface area contributed by atoms with Crippen molar-refractivity contribution >= 4 is 0 Å². The molecule has 0 N–H and O–H groups in total. The highest BCUT2D eigenvalue weighted by molar-refractivity contribution is 4.88. The van der Waals surface area contributed by atoms with Gasteiger partial charge < -0.3 is 61.6 Å². The monoisotopic (exact) mass is 1190 g/mol. The van der Waals surface area contributed by atoms with E-state index >= 15 is 0 Å². The fourth-order valence-electron chi connectivity index (χ4n) is 12.9. The summed E-state index contributed by atoms with van der Waals surface area (Å²) in [6.45, 7) is 41.7. The van der Waals surface area contributed by atoms with E-state index < -0.39 is 0 Å². The SMILES string of the molecule is CC(C)CCC1COC(C)(C)O1.CC(C)CCC1COC2(CCCC2)O1.CC(C)CCC1COC2(CCCCC2)O1.CC(C)CCC1COC2(CCOCC2)O1.CC(C)CCCC1COC2(CCC2)O1.CCC1(CC)OCC(CCC(C)C)O1. The molecule has 496 valence electrons. The van der Waals surface area contributed by atoms with E-state index in [2.05, 4.69) is 96.9 Å². The van der Waals surface area contributed by atoms with Crippen molar-refractivity contribution in [3.8, 4) is 0 Å². The fourth-order valence-corrected chi connectivity index (χ4v) is 12.9. The highest BCUT2D eigenvalue weighted by atomic mass is 16.8. The van der Waals surface area contributed by atoms with Crippen LogP contribution in [0.25, 0.3) is 0 Å². The van der Waals surface area contributed by atoms with Crippen LogP contribution in [-0.4, -0.2) is 124 Å². The van der Waals surface area contributed by atoms with Crippen LogP contribution in [0.2, 0.25) is 0 Å². The smallest absolute Gasteiger partial charge is 0.173 e. The molecule has 3 aliphatic carbocycles. The summed E-state index contributed by atoms with van der Waals surface area (Å²) in [5.74, 6) is 3.30. The maximum atomic E-state index is 6.12. The maximum absolute atomic E-state index is 6.12. The molecule has 6 atom stereocenters. The van der Waals surface area contributed by atoms with Gasteiger partial charge in [0.15, 0.2) is 34.7 Å². The van der Waals surface area contributed by atoms with Crippen molar-refractivity contribution in [1.29, 1.82) is 0 Å². The summed E-state index contributed by atoms with van der Waals surface area (Å²) >= 11 is 0. The molecule has 4 spiro atoms. The van der Waals surface area contributed by atoms with Crippen LogP contribution in [0.1, 0.15) is 297 Å². The lowest BCUT2D eigenvalue weighted by atomic mass is 9.91. The lowest BCUT2D eigenvalue weighted by molar-refractivity contribution is -0.216. The second kappa shape index (κ2) is 37.1. The van der Waals surface area contributed by atoms with Crippen molar-refractivity contribution in [3.63, 3.8) is 0 Å². The van der Waals surface area contributed by atoms with Crippen molar-refractivity contribution in [3.05, 3.63) is 0 Å². The first-order valence-corrected chi connectivity index (χ1v) is 35.4. The van der Waals surface area contributed by atoms with Crippen LogP contribution < -0.4 is 0 Å². The first kappa shape index (κ1) is 74.2. The Morgan fingerprint density at radius 3 is 0.917 bits per heavy atom. The number of hydrogen-bond acceptors (Lipinski definition) is 13. The third-order valence-corrected chi connectivity index (χ3v) is 18.7. The Hall–Kier alpha value is -0.520. The second-order valence-corrected chi connectivity index (χ2v) is 29.9. The molecule has 0 aromatic heterocycles. The molecule has 0 bridgehead atoms. The zero-order valence-corrected chi connectivity index (χ0v) is 57.4. The standard InChI is InChI=1S/C13H24O2.C12H22O3.2C12H22O2.C12H24O2.C10H20O2/c1-11(2)6-7-12-10-14-13(15-12)8-4-3-5-9-13;1-10(2)3-4-11-9-14-12(15-11)5-7-13-8-6-12;1-10(2)5-3-6-11-9-13-12(14-11)7-4-8-12;1-10(2)5-6-11-9-13-12(14-11)7-3-4-8-12;1-5-12(6-2)13-9-11(14-12)8-7-10(3)4;1-8(2)5-6-9-7-11-10(3,4)12-9/h11-12H,3-10H2,1-2H3;10-11H,3-9H2,1-2H3;2*10-11H,3-9H2,1-2H3;10-11H,5-9H2,1-4H3;8-9H,5-7H2,1-4H3. The molecule has 13 nitrogen and oxygen atoms in total. The van der Waals surface area contributed by atoms with Gasteiger partial charge in [-0.25, -0.2) is 0 Å². The minimum atomic E-state index is -0.346. The number of rotatable bonds is 21. The Bertz CT molecular complexity index is 1620. The molecular weight excluding hydrogens is 1060 g/mol. The van der Waals surface area contributed by atoms with Crippen molar-refractivity contribution in [1.82, 2.24) is 0 Å². The van der Waals surface area contributed by atoms with Gasteiger partial charge in [0.05, 0.1) is 89.5 Å². The lowest BCUT2D eigenvalue weighted by Gasteiger charge is -2.36. The second-order valence-electron chi connectivity index (χ2n) is 29.9. The van der Waals surface area contributed by atoms with Gasteiger partial charge in [-0.1, -0.05) is 116 Å². The molecule has 3 saturated carbocycles. The molecule has 6 unspecified atom stereocenters. The maximum Gasteiger partial charge on any atom is 0.173 e. The summed E-state index contributed by atoms with van der Waals surface area (Å²) in [7, 11) is 0. The van der Waals surface area contributed by atoms with E-state index in [9.17, 15) is 0 Å². The Labute approximate surface area is 516 Å². The zero-order valence-electron chi connectivity index (χ0n) is 57.4. The van der Waals surface area contributed by atoms with Crippen LogP contribution in [0, 0.1) is 35.5 Å². The number of hydrogen-bond donors (Lipinski definition) is 0. The first-order chi connectivity index (χ1) is 39.9. The Morgan fingerprint density at radius 2 is 0.607 bits per heavy atom. The van der Waals surface area contributed by atoms with Crippen LogP contribution in [0.4, 0.5) is 0 Å². The van der Waals surface area contributed by atoms with Gasteiger partial charge >= 0.3 is 0 Å². The van der Waals surface area contributed by atoms with Gasteiger partial charge in [0.1, 0.15) is 0 Å². The summed E-state index contributed by atoms with van der Waals surface area (Å²) < 4.78 is 75.6. The first-order valence-electron chi connectivity index (χ1n) is 35.4. The van der Waals surface area contributed by atoms with Crippen LogP contribution in [0.15, 0.2) is 0 Å². The highest BCUT2D eigenvalue weighted by Crippen LogP contribution is 2.44. The average molecular weight is 1200 g/mol. The minimum Gasteiger partial charge on any atom is -0.381 e. The van der Waals surface area contributed by atoms with Gasteiger partial charge in [0.2, 0.25) is 0 Å². The van der Waals surface area contributed by atoms with Gasteiger partial charge in [-0.05, 0) is 165 Å². The van der Waals surface area contributed by atoms with Crippen LogP contribution in [0.5, 0.6) is 0 Å². The summed E-state index contributed by atoms with van der Waals surface area (Å²) in [4.78, 5) is 0. The van der Waals surface area contributed by atoms with E-state index in [0.717, 1.165) is 172 Å². The van der Waals surface area contributed by atoms with E-state index in [1.165, 1.54) is 103 Å². The molecular formula is C71H134O13. The van der Waals surface area contributed by atoms with E-state index in [-0.39, 0.29) is 34.7 Å². The quantitative estimate of drug-likeness (QED) is 0.109. The summed E-state index contributed by atoms with van der Waals surface area (Å²) in [5, 5.41) is 0. The fraction of sp³-hybridized carbons (Fsp3) is 1.00. The van der Waals surface area contributed by atoms with E-state index in [0.29, 0.717) is 36.6 Å². The lowest BCUT2D eigenvalue weighted by Crippen LogP contribution is -2.38. The average Bonchev–Trinajstić information content (AvgIpc) is 4.48. The van der Waals surface area contributed by atoms with E-state index in [1.807, 2.05) is 13.8 Å². The molecule has 7 saturated heterocycles. The van der Waals surface area contributed by atoms with E-state index in [4.69, 9.17) is 61.6 Å². The summed E-state index contributed by atoms with van der Waals surface area (Å²) in [6, 6.07) is 0. The molecule has 0 aromatic rings. The van der Waals surface area contributed by atoms with Crippen LogP contribution in [0.3, 0.4) is 0 Å². The van der Waals surface area contributed by atoms with Gasteiger partial charge in [0, 0.05) is 51.4 Å². The predicted octanol–water partition coefficient (Wildman–Crippen LogP) is 18.0. The number of ether oxygens (including phenoxy) is 13. The van der Waals surface area contributed by atoms with Crippen molar-refractivity contribution in [2.45, 2.75) is 368 Å². The minimum absolute atomic E-state index is 0.123. The van der Waals surface area contributed by atoms with Gasteiger partial charge in [0.25, 0.3) is 0 Å². The molecule has 0 radical (unpaired) electrons. The summed E-state index contributed by atoms with van der Waals surface area (Å²) in [5.41, 5.74) is 0. The van der Waals surface area contributed by atoms with Crippen LogP contribution in [-0.2, 0) is 61.6 Å². The van der Waals surface area contributed by atoms with Crippen LogP contribution >= 0.6 is 0 Å². The molecule has 84 heavy (non-hydrogen) atoms. The van der Waals surface area contributed by atoms with Gasteiger partial charge in [-0.3, -0.25) is 0 Å². The molecule has 0 aromatic carbocycles. The van der Waals surface area contributed by atoms with Crippen molar-refractivity contribution in [2.75, 3.05) is 52.9 Å². The third-order valence-electron chi connectivity index (χ3n) is 18.7. The highest BCUT2D eigenvalue weighted by Gasteiger charge is 2.47. The molecule has 7 aliphatic heterocycles. The Balaban J connectivity index is 0.000000185. The van der Waals surface area contributed by atoms with E-state index in [1.54, 1.807) is 0 Å². The Kier molecular flexibility index (Phi) is 32.8. The zero-order chi connectivity index (χ0) is 61.3. The largest absolute Gasteiger partial charge is 0.381 e. The summed E-state index contributed by atoms with van der Waals surface area (Å²) in [6.07, 6.45) is 35.9. The Morgan fingerprint density at radius 1 is 0.310 bits per heavy atom. The van der Waals surface area contributed by atoms with Gasteiger partial charge in [-0.15, -0.1) is 0 Å². The molecule has 0 amide bonds. The molecule has 13 heteroatoms. The molecule has 10 rings (SSSR count). The molecule has 7 heterocycles. The topological polar surface area (TPSA) is 120 Å². The predicted molar refractivity (Wildman–Crippen MR) is 338 cm³/mol.